The van der Waals surface area contributed by atoms with E-state index in [9.17, 15) is 9.59 Å². The monoisotopic (exact) mass is 212 g/mol. The zero-order valence-electron chi connectivity index (χ0n) is 9.16. The van der Waals surface area contributed by atoms with Gasteiger partial charge >= 0.3 is 5.97 Å². The molecule has 0 rings (SSSR count). The first kappa shape index (κ1) is 13.5. The first-order valence-electron chi connectivity index (χ1n) is 4.55. The van der Waals surface area contributed by atoms with Crippen LogP contribution in [0.1, 0.15) is 13.8 Å². The first-order chi connectivity index (χ1) is 7.01. The van der Waals surface area contributed by atoms with Gasteiger partial charge in [0.2, 0.25) is 5.91 Å². The highest BCUT2D eigenvalue weighted by atomic mass is 16.5. The summed E-state index contributed by atoms with van der Waals surface area (Å²) in [6.07, 6.45) is 5.15. The van der Waals surface area contributed by atoms with Gasteiger partial charge in [0.15, 0.2) is 0 Å². The normalized spacial score (nSPS) is 13.5. The molecule has 0 aliphatic heterocycles. The van der Waals surface area contributed by atoms with Crippen molar-refractivity contribution in [2.24, 2.45) is 0 Å². The van der Waals surface area contributed by atoms with Gasteiger partial charge in [0.05, 0.1) is 13.2 Å². The average Bonchev–Trinajstić information content (AvgIpc) is 2.21. The van der Waals surface area contributed by atoms with Gasteiger partial charge in [0.1, 0.15) is 6.04 Å². The number of esters is 1. The van der Waals surface area contributed by atoms with Crippen LogP contribution in [0, 0.1) is 12.3 Å². The van der Waals surface area contributed by atoms with E-state index in [-0.39, 0.29) is 18.5 Å². The SMILES string of the molecule is C#CC(C)NCC(NC(C)=O)C(=O)OC. The number of nitrogens with one attached hydrogen (secondary N) is 2. The average molecular weight is 212 g/mol. The molecule has 2 atom stereocenters. The molecule has 84 valence electrons. The fourth-order valence-electron chi connectivity index (χ4n) is 0.934. The van der Waals surface area contributed by atoms with Gasteiger partial charge in [-0.25, -0.2) is 4.79 Å². The van der Waals surface area contributed by atoms with Gasteiger partial charge in [0.25, 0.3) is 0 Å². The standard InChI is InChI=1S/C10H16N2O3/c1-5-7(2)11-6-9(10(14)15-4)12-8(3)13/h1,7,9,11H,6H2,2-4H3,(H,12,13). The number of hydrogen-bond acceptors (Lipinski definition) is 4. The number of terminal acetylenes is 1. The van der Waals surface area contributed by atoms with Crippen LogP contribution in [-0.2, 0) is 14.3 Å². The molecule has 0 aliphatic carbocycles. The summed E-state index contributed by atoms with van der Waals surface area (Å²) in [5, 5.41) is 5.37. The maximum absolute atomic E-state index is 11.2. The van der Waals surface area contributed by atoms with Crippen LogP contribution in [0.5, 0.6) is 0 Å². The second-order valence-electron chi connectivity index (χ2n) is 3.07. The molecule has 0 aromatic carbocycles. The van der Waals surface area contributed by atoms with Crippen LogP contribution in [-0.4, -0.2) is 37.6 Å². The van der Waals surface area contributed by atoms with Crippen molar-refractivity contribution in [3.8, 4) is 12.3 Å². The molecule has 2 N–H and O–H groups in total. The third-order valence-electron chi connectivity index (χ3n) is 1.74. The first-order valence-corrected chi connectivity index (χ1v) is 4.55. The second-order valence-corrected chi connectivity index (χ2v) is 3.07. The topological polar surface area (TPSA) is 67.4 Å². The molecule has 0 bridgehead atoms. The van der Waals surface area contributed by atoms with E-state index in [0.717, 1.165) is 0 Å². The summed E-state index contributed by atoms with van der Waals surface area (Å²) in [5.41, 5.74) is 0. The highest BCUT2D eigenvalue weighted by Gasteiger charge is 2.19. The fraction of sp³-hybridized carbons (Fsp3) is 0.600. The Balaban J connectivity index is 4.20. The Kier molecular flexibility index (Phi) is 6.14. The molecular formula is C10H16N2O3. The maximum atomic E-state index is 11.2. The van der Waals surface area contributed by atoms with Crippen LogP contribution in [0.15, 0.2) is 0 Å². The molecule has 0 spiro atoms. The number of carbonyl (C=O) groups excluding carboxylic acids is 2. The lowest BCUT2D eigenvalue weighted by atomic mass is 10.2. The van der Waals surface area contributed by atoms with Crippen molar-refractivity contribution in [2.75, 3.05) is 13.7 Å². The number of methoxy groups -OCH3 is 1. The van der Waals surface area contributed by atoms with E-state index in [1.807, 2.05) is 0 Å². The lowest BCUT2D eigenvalue weighted by molar-refractivity contribution is -0.144. The Hall–Kier alpha value is -1.54. The number of amides is 1. The fourth-order valence-corrected chi connectivity index (χ4v) is 0.934. The predicted octanol–water partition coefficient (Wildman–Crippen LogP) is -0.725. The van der Waals surface area contributed by atoms with Crippen molar-refractivity contribution in [1.29, 1.82) is 0 Å². The largest absolute Gasteiger partial charge is 0.467 e. The summed E-state index contributed by atoms with van der Waals surface area (Å²) >= 11 is 0. The molecule has 1 amide bonds. The van der Waals surface area contributed by atoms with E-state index in [4.69, 9.17) is 6.42 Å². The van der Waals surface area contributed by atoms with E-state index in [0.29, 0.717) is 0 Å². The van der Waals surface area contributed by atoms with Gasteiger partial charge in [-0.1, -0.05) is 5.92 Å². The zero-order valence-corrected chi connectivity index (χ0v) is 9.16. The third kappa shape index (κ3) is 5.70. The van der Waals surface area contributed by atoms with Crippen LogP contribution in [0.25, 0.3) is 0 Å². The molecule has 0 saturated carbocycles. The maximum Gasteiger partial charge on any atom is 0.329 e. The second kappa shape index (κ2) is 6.85. The molecule has 5 heteroatoms. The van der Waals surface area contributed by atoms with E-state index in [1.54, 1.807) is 6.92 Å². The summed E-state index contributed by atoms with van der Waals surface area (Å²) in [7, 11) is 1.27. The minimum Gasteiger partial charge on any atom is -0.467 e. The van der Waals surface area contributed by atoms with E-state index in [1.165, 1.54) is 14.0 Å². The van der Waals surface area contributed by atoms with Crippen molar-refractivity contribution in [3.63, 3.8) is 0 Å². The number of rotatable bonds is 5. The molecule has 0 heterocycles. The van der Waals surface area contributed by atoms with Crippen molar-refractivity contribution in [1.82, 2.24) is 10.6 Å². The Labute approximate surface area is 89.6 Å². The van der Waals surface area contributed by atoms with Crippen LogP contribution in [0.3, 0.4) is 0 Å². The molecule has 0 aliphatic rings. The Morgan fingerprint density at radius 2 is 2.13 bits per heavy atom. The molecular weight excluding hydrogens is 196 g/mol. The van der Waals surface area contributed by atoms with Crippen LogP contribution >= 0.6 is 0 Å². The van der Waals surface area contributed by atoms with Crippen LogP contribution in [0.2, 0.25) is 0 Å². The van der Waals surface area contributed by atoms with Gasteiger partial charge in [0, 0.05) is 13.5 Å². The van der Waals surface area contributed by atoms with E-state index < -0.39 is 12.0 Å². The molecule has 2 unspecified atom stereocenters. The highest BCUT2D eigenvalue weighted by Crippen LogP contribution is 1.88. The minimum atomic E-state index is -0.705. The Morgan fingerprint density at radius 3 is 2.53 bits per heavy atom. The van der Waals surface area contributed by atoms with Gasteiger partial charge in [-0.2, -0.15) is 0 Å². The van der Waals surface area contributed by atoms with E-state index >= 15 is 0 Å². The van der Waals surface area contributed by atoms with Crippen molar-refractivity contribution >= 4 is 11.9 Å². The number of ether oxygens (including phenoxy) is 1. The lowest BCUT2D eigenvalue weighted by Crippen LogP contribution is -2.48. The number of carbonyl (C=O) groups is 2. The van der Waals surface area contributed by atoms with Gasteiger partial charge in [-0.3, -0.25) is 4.79 Å². The van der Waals surface area contributed by atoms with Crippen LogP contribution < -0.4 is 10.6 Å². The smallest absolute Gasteiger partial charge is 0.329 e. The number of hydrogen-bond donors (Lipinski definition) is 2. The molecule has 0 aromatic heterocycles. The van der Waals surface area contributed by atoms with Gasteiger partial charge < -0.3 is 15.4 Å². The summed E-state index contributed by atoms with van der Waals surface area (Å²) in [4.78, 5) is 22.0. The quantitative estimate of drug-likeness (QED) is 0.466. The van der Waals surface area contributed by atoms with Crippen molar-refractivity contribution < 1.29 is 14.3 Å². The minimum absolute atomic E-state index is 0.161. The predicted molar refractivity (Wildman–Crippen MR) is 55.9 cm³/mol. The van der Waals surface area contributed by atoms with Crippen LogP contribution in [0.4, 0.5) is 0 Å². The summed E-state index contributed by atoms with van der Waals surface area (Å²) in [6.45, 7) is 3.36. The third-order valence-corrected chi connectivity index (χ3v) is 1.74. The Bertz CT molecular complexity index is 270. The molecule has 0 saturated heterocycles. The Morgan fingerprint density at radius 1 is 1.53 bits per heavy atom. The molecule has 5 nitrogen and oxygen atoms in total. The van der Waals surface area contributed by atoms with Gasteiger partial charge in [-0.05, 0) is 6.92 Å². The van der Waals surface area contributed by atoms with Crippen molar-refractivity contribution in [3.05, 3.63) is 0 Å². The van der Waals surface area contributed by atoms with Gasteiger partial charge in [-0.15, -0.1) is 6.42 Å². The summed E-state index contributed by atoms with van der Waals surface area (Å²) in [6, 6.07) is -0.866. The lowest BCUT2D eigenvalue weighted by Gasteiger charge is -2.17. The highest BCUT2D eigenvalue weighted by molar-refractivity contribution is 5.83. The summed E-state index contributed by atoms with van der Waals surface area (Å²) in [5.74, 6) is 1.67. The van der Waals surface area contributed by atoms with Crippen molar-refractivity contribution in [2.45, 2.75) is 25.9 Å². The summed E-state index contributed by atoms with van der Waals surface area (Å²) < 4.78 is 4.53. The van der Waals surface area contributed by atoms with E-state index in [2.05, 4.69) is 21.3 Å². The molecule has 0 aromatic rings. The molecule has 0 fully saturated rings. The molecule has 0 radical (unpaired) electrons. The zero-order chi connectivity index (χ0) is 11.8. The molecule has 15 heavy (non-hydrogen) atoms.